The first-order valence-electron chi connectivity index (χ1n) is 4.86. The van der Waals surface area contributed by atoms with Gasteiger partial charge in [-0.15, -0.1) is 0 Å². The van der Waals surface area contributed by atoms with Crippen molar-refractivity contribution in [2.45, 2.75) is 0 Å². The summed E-state index contributed by atoms with van der Waals surface area (Å²) < 4.78 is 15.1. The number of nitrogens with zero attached hydrogens (tertiary/aromatic N) is 2. The molecule has 16 heavy (non-hydrogen) atoms. The van der Waals surface area contributed by atoms with E-state index in [0.29, 0.717) is 5.56 Å². The number of aliphatic hydroxyl groups excluding tert-OH is 1. The zero-order valence-corrected chi connectivity index (χ0v) is 8.55. The maximum Gasteiger partial charge on any atom is 0.128 e. The molecule has 0 aliphatic heterocycles. The van der Waals surface area contributed by atoms with Crippen LogP contribution in [0.3, 0.4) is 0 Å². The van der Waals surface area contributed by atoms with Crippen LogP contribution in [0.5, 0.6) is 0 Å². The molecule has 1 aromatic heterocycles. The molecule has 0 spiro atoms. The van der Waals surface area contributed by atoms with Gasteiger partial charge >= 0.3 is 0 Å². The average Bonchev–Trinajstić information content (AvgIpc) is 2.83. The summed E-state index contributed by atoms with van der Waals surface area (Å²) in [7, 11) is 0. The predicted molar refractivity (Wildman–Crippen MR) is 59.7 cm³/mol. The second-order valence-electron chi connectivity index (χ2n) is 3.25. The molecule has 4 heteroatoms. The van der Waals surface area contributed by atoms with Crippen LogP contribution in [-0.2, 0) is 0 Å². The lowest BCUT2D eigenvalue weighted by atomic mass is 10.2. The first-order chi connectivity index (χ1) is 7.81. The van der Waals surface area contributed by atoms with Gasteiger partial charge in [0.1, 0.15) is 5.83 Å². The van der Waals surface area contributed by atoms with E-state index in [1.165, 1.54) is 0 Å². The van der Waals surface area contributed by atoms with Crippen LogP contribution >= 0.6 is 0 Å². The Morgan fingerprint density at radius 1 is 1.38 bits per heavy atom. The molecule has 0 unspecified atom stereocenters. The topological polar surface area (TPSA) is 38.0 Å². The Kier molecular flexibility index (Phi) is 3.12. The summed E-state index contributed by atoms with van der Waals surface area (Å²) in [5.41, 5.74) is 1.37. The Bertz CT molecular complexity index is 474. The first-order valence-corrected chi connectivity index (χ1v) is 4.86. The molecule has 0 amide bonds. The second-order valence-corrected chi connectivity index (χ2v) is 3.25. The highest BCUT2D eigenvalue weighted by atomic mass is 19.1. The molecule has 1 N–H and O–H groups in total. The van der Waals surface area contributed by atoms with Gasteiger partial charge in [-0.2, -0.15) is 0 Å². The van der Waals surface area contributed by atoms with Crippen molar-refractivity contribution in [1.29, 1.82) is 0 Å². The third-order valence-electron chi connectivity index (χ3n) is 2.22. The number of hydrogen-bond acceptors (Lipinski definition) is 2. The monoisotopic (exact) mass is 218 g/mol. The predicted octanol–water partition coefficient (Wildman–Crippen LogP) is 2.17. The standard InChI is InChI=1S/C12H11FN2O/c13-12(5-8-16)10-1-3-11(4-2-10)15-7-6-14-9-15/h1-7,9,16H,8H2/b12-5+. The van der Waals surface area contributed by atoms with Crippen LogP contribution in [0.15, 0.2) is 49.1 Å². The van der Waals surface area contributed by atoms with Crippen molar-refractivity contribution in [2.24, 2.45) is 0 Å². The van der Waals surface area contributed by atoms with Gasteiger partial charge in [0, 0.05) is 23.6 Å². The first kappa shape index (κ1) is 10.6. The lowest BCUT2D eigenvalue weighted by molar-refractivity contribution is 0.342. The van der Waals surface area contributed by atoms with E-state index in [1.54, 1.807) is 36.8 Å². The van der Waals surface area contributed by atoms with E-state index in [4.69, 9.17) is 5.11 Å². The van der Waals surface area contributed by atoms with Crippen molar-refractivity contribution in [2.75, 3.05) is 6.61 Å². The molecule has 0 saturated carbocycles. The van der Waals surface area contributed by atoms with Crippen LogP contribution in [0, 0.1) is 0 Å². The van der Waals surface area contributed by atoms with E-state index in [0.717, 1.165) is 11.8 Å². The van der Waals surface area contributed by atoms with Crippen molar-refractivity contribution in [3.05, 3.63) is 54.6 Å². The van der Waals surface area contributed by atoms with Gasteiger partial charge in [-0.05, 0) is 30.3 Å². The molecule has 0 saturated heterocycles. The van der Waals surface area contributed by atoms with Crippen LogP contribution in [-0.4, -0.2) is 21.3 Å². The molecular formula is C12H11FN2O. The second kappa shape index (κ2) is 4.72. The molecule has 0 aliphatic carbocycles. The van der Waals surface area contributed by atoms with Crippen LogP contribution in [0.2, 0.25) is 0 Å². The fraction of sp³-hybridized carbons (Fsp3) is 0.0833. The fourth-order valence-corrected chi connectivity index (χ4v) is 1.40. The zero-order chi connectivity index (χ0) is 11.4. The van der Waals surface area contributed by atoms with E-state index < -0.39 is 5.83 Å². The number of rotatable bonds is 3. The van der Waals surface area contributed by atoms with Crippen LogP contribution in [0.4, 0.5) is 4.39 Å². The summed E-state index contributed by atoms with van der Waals surface area (Å²) in [6.07, 6.45) is 6.30. The van der Waals surface area contributed by atoms with Gasteiger partial charge in [0.15, 0.2) is 0 Å². The largest absolute Gasteiger partial charge is 0.392 e. The third kappa shape index (κ3) is 2.17. The maximum absolute atomic E-state index is 13.3. The highest BCUT2D eigenvalue weighted by molar-refractivity contribution is 5.60. The zero-order valence-electron chi connectivity index (χ0n) is 8.55. The minimum Gasteiger partial charge on any atom is -0.392 e. The molecule has 2 rings (SSSR count). The Labute approximate surface area is 92.5 Å². The summed E-state index contributed by atoms with van der Waals surface area (Å²) in [6.45, 7) is -0.297. The van der Waals surface area contributed by atoms with Gasteiger partial charge in [-0.1, -0.05) is 0 Å². The van der Waals surface area contributed by atoms with Crippen molar-refractivity contribution in [3.63, 3.8) is 0 Å². The minimum atomic E-state index is -0.417. The van der Waals surface area contributed by atoms with Gasteiger partial charge in [-0.3, -0.25) is 0 Å². The van der Waals surface area contributed by atoms with Gasteiger partial charge in [0.25, 0.3) is 0 Å². The van der Waals surface area contributed by atoms with E-state index >= 15 is 0 Å². The number of benzene rings is 1. The molecule has 0 aliphatic rings. The Morgan fingerprint density at radius 2 is 2.12 bits per heavy atom. The molecule has 0 fully saturated rings. The number of halogens is 1. The Morgan fingerprint density at radius 3 is 2.69 bits per heavy atom. The quantitative estimate of drug-likeness (QED) is 0.857. The molecule has 0 atom stereocenters. The maximum atomic E-state index is 13.3. The van der Waals surface area contributed by atoms with Gasteiger partial charge in [0.05, 0.1) is 12.9 Å². The average molecular weight is 218 g/mol. The molecule has 1 aromatic carbocycles. The highest BCUT2D eigenvalue weighted by Gasteiger charge is 2.00. The van der Waals surface area contributed by atoms with Crippen LogP contribution in [0.25, 0.3) is 11.5 Å². The normalized spacial score (nSPS) is 11.8. The summed E-state index contributed by atoms with van der Waals surface area (Å²) in [5.74, 6) is -0.417. The molecule has 1 heterocycles. The highest BCUT2D eigenvalue weighted by Crippen LogP contribution is 2.17. The molecule has 0 bridgehead atoms. The van der Waals surface area contributed by atoms with E-state index in [9.17, 15) is 4.39 Å². The van der Waals surface area contributed by atoms with E-state index in [1.807, 2.05) is 10.8 Å². The van der Waals surface area contributed by atoms with Crippen LogP contribution < -0.4 is 0 Å². The van der Waals surface area contributed by atoms with Gasteiger partial charge < -0.3 is 9.67 Å². The lowest BCUT2D eigenvalue weighted by Gasteiger charge is -2.03. The summed E-state index contributed by atoms with van der Waals surface area (Å²) >= 11 is 0. The minimum absolute atomic E-state index is 0.297. The molecular weight excluding hydrogens is 207 g/mol. The van der Waals surface area contributed by atoms with Crippen molar-refractivity contribution < 1.29 is 9.50 Å². The van der Waals surface area contributed by atoms with Gasteiger partial charge in [-0.25, -0.2) is 9.37 Å². The van der Waals surface area contributed by atoms with Gasteiger partial charge in [0.2, 0.25) is 0 Å². The molecule has 0 radical (unpaired) electrons. The summed E-state index contributed by atoms with van der Waals surface area (Å²) in [4.78, 5) is 3.93. The molecule has 2 aromatic rings. The summed E-state index contributed by atoms with van der Waals surface area (Å²) in [6, 6.07) is 6.91. The number of aromatic nitrogens is 2. The summed E-state index contributed by atoms with van der Waals surface area (Å²) in [5, 5.41) is 8.57. The Balaban J connectivity index is 2.26. The van der Waals surface area contributed by atoms with Crippen molar-refractivity contribution in [1.82, 2.24) is 9.55 Å². The smallest absolute Gasteiger partial charge is 0.128 e. The number of hydrogen-bond donors (Lipinski definition) is 1. The van der Waals surface area contributed by atoms with E-state index in [2.05, 4.69) is 4.98 Å². The fourth-order valence-electron chi connectivity index (χ4n) is 1.40. The molecule has 3 nitrogen and oxygen atoms in total. The SMILES string of the molecule is OC/C=C(/F)c1ccc(-n2ccnc2)cc1. The van der Waals surface area contributed by atoms with Crippen molar-refractivity contribution >= 4 is 5.83 Å². The lowest BCUT2D eigenvalue weighted by Crippen LogP contribution is -1.90. The molecule has 82 valence electrons. The van der Waals surface area contributed by atoms with Crippen LogP contribution in [0.1, 0.15) is 5.56 Å². The number of imidazole rings is 1. The third-order valence-corrected chi connectivity index (χ3v) is 2.22. The number of aliphatic hydroxyl groups is 1. The van der Waals surface area contributed by atoms with Crippen molar-refractivity contribution in [3.8, 4) is 5.69 Å². The van der Waals surface area contributed by atoms with E-state index in [-0.39, 0.29) is 6.61 Å². The Hall–Kier alpha value is -1.94.